The molecule has 2 aromatic carbocycles. The summed E-state index contributed by atoms with van der Waals surface area (Å²) in [4.78, 5) is 15.5. The molecular weight excluding hydrogens is 264 g/mol. The van der Waals surface area contributed by atoms with Crippen molar-refractivity contribution in [1.29, 1.82) is 0 Å². The van der Waals surface area contributed by atoms with E-state index >= 15 is 0 Å². The lowest BCUT2D eigenvalue weighted by Gasteiger charge is -2.05. The Balaban J connectivity index is 1.94. The number of aromatic amines is 1. The van der Waals surface area contributed by atoms with Crippen molar-refractivity contribution in [2.75, 3.05) is 12.4 Å². The highest BCUT2D eigenvalue weighted by Gasteiger charge is 2.13. The van der Waals surface area contributed by atoms with E-state index in [2.05, 4.69) is 10.3 Å². The van der Waals surface area contributed by atoms with Crippen LogP contribution in [0.15, 0.2) is 48.7 Å². The number of nitrogens with one attached hydrogen (secondary N) is 2. The zero-order chi connectivity index (χ0) is 14.8. The van der Waals surface area contributed by atoms with Gasteiger partial charge in [-0.1, -0.05) is 12.1 Å². The third kappa shape index (κ3) is 2.60. The van der Waals surface area contributed by atoms with Crippen LogP contribution in [0.5, 0.6) is 5.75 Å². The topological polar surface area (TPSA) is 54.1 Å². The minimum absolute atomic E-state index is 0.139. The predicted molar refractivity (Wildman–Crippen MR) is 84.0 cm³/mol. The smallest absolute Gasteiger partial charge is 0.257 e. The van der Waals surface area contributed by atoms with Gasteiger partial charge in [-0.15, -0.1) is 0 Å². The zero-order valence-electron chi connectivity index (χ0n) is 11.9. The standard InChI is InChI=1S/C17H16N2O2/c1-11-4-3-5-12(8-11)19-17(20)15-10-18-16-7-6-13(21-2)9-14(15)16/h3-10,18H,1-2H3,(H,19,20). The summed E-state index contributed by atoms with van der Waals surface area (Å²) in [5.74, 6) is 0.590. The molecular formula is C17H16N2O2. The Kier molecular flexibility index (Phi) is 3.36. The van der Waals surface area contributed by atoms with E-state index in [1.807, 2.05) is 49.4 Å². The fourth-order valence-electron chi connectivity index (χ4n) is 2.34. The van der Waals surface area contributed by atoms with E-state index < -0.39 is 0 Å². The van der Waals surface area contributed by atoms with Gasteiger partial charge in [-0.25, -0.2) is 0 Å². The van der Waals surface area contributed by atoms with Crippen molar-refractivity contribution in [3.05, 3.63) is 59.8 Å². The summed E-state index contributed by atoms with van der Waals surface area (Å²) in [5, 5.41) is 3.76. The van der Waals surface area contributed by atoms with E-state index in [0.717, 1.165) is 27.9 Å². The second-order valence-corrected chi connectivity index (χ2v) is 4.94. The Labute approximate surface area is 122 Å². The van der Waals surface area contributed by atoms with Crippen LogP contribution in [0.3, 0.4) is 0 Å². The summed E-state index contributed by atoms with van der Waals surface area (Å²) in [7, 11) is 1.61. The Bertz CT molecular complexity index is 805. The molecule has 0 radical (unpaired) electrons. The molecule has 2 N–H and O–H groups in total. The average molecular weight is 280 g/mol. The lowest BCUT2D eigenvalue weighted by molar-refractivity contribution is 0.102. The number of aryl methyl sites for hydroxylation is 1. The van der Waals surface area contributed by atoms with Crippen LogP contribution in [-0.4, -0.2) is 18.0 Å². The monoisotopic (exact) mass is 280 g/mol. The lowest BCUT2D eigenvalue weighted by Crippen LogP contribution is -2.11. The highest BCUT2D eigenvalue weighted by molar-refractivity contribution is 6.13. The first-order chi connectivity index (χ1) is 10.2. The first-order valence-electron chi connectivity index (χ1n) is 6.70. The van der Waals surface area contributed by atoms with Crippen molar-refractivity contribution in [1.82, 2.24) is 4.98 Å². The molecule has 1 amide bonds. The summed E-state index contributed by atoms with van der Waals surface area (Å²) in [6.07, 6.45) is 1.72. The minimum Gasteiger partial charge on any atom is -0.497 e. The number of hydrogen-bond donors (Lipinski definition) is 2. The van der Waals surface area contributed by atoms with Gasteiger partial charge in [-0.05, 0) is 42.8 Å². The summed E-state index contributed by atoms with van der Waals surface area (Å²) in [6.45, 7) is 1.99. The number of carbonyl (C=O) groups is 1. The molecule has 0 spiro atoms. The number of H-pyrrole nitrogens is 1. The van der Waals surface area contributed by atoms with Crippen molar-refractivity contribution in [2.24, 2.45) is 0 Å². The van der Waals surface area contributed by atoms with Gasteiger partial charge in [0.25, 0.3) is 5.91 Å². The van der Waals surface area contributed by atoms with Crippen LogP contribution >= 0.6 is 0 Å². The van der Waals surface area contributed by atoms with Gasteiger partial charge >= 0.3 is 0 Å². The van der Waals surface area contributed by atoms with E-state index in [0.29, 0.717) is 5.56 Å². The molecule has 21 heavy (non-hydrogen) atoms. The van der Waals surface area contributed by atoms with Crippen LogP contribution in [-0.2, 0) is 0 Å². The van der Waals surface area contributed by atoms with Gasteiger partial charge in [0.15, 0.2) is 0 Å². The van der Waals surface area contributed by atoms with Gasteiger partial charge in [0.1, 0.15) is 5.75 Å². The quantitative estimate of drug-likeness (QED) is 0.768. The third-order valence-corrected chi connectivity index (χ3v) is 3.41. The van der Waals surface area contributed by atoms with E-state index in [1.54, 1.807) is 13.3 Å². The van der Waals surface area contributed by atoms with Crippen molar-refractivity contribution in [3.63, 3.8) is 0 Å². The molecule has 0 unspecified atom stereocenters. The largest absolute Gasteiger partial charge is 0.497 e. The van der Waals surface area contributed by atoms with E-state index in [9.17, 15) is 4.79 Å². The average Bonchev–Trinajstić information content (AvgIpc) is 2.90. The van der Waals surface area contributed by atoms with Crippen molar-refractivity contribution in [3.8, 4) is 5.75 Å². The lowest BCUT2D eigenvalue weighted by atomic mass is 10.1. The number of rotatable bonds is 3. The Hall–Kier alpha value is -2.75. The van der Waals surface area contributed by atoms with E-state index in [-0.39, 0.29) is 5.91 Å². The zero-order valence-corrected chi connectivity index (χ0v) is 11.9. The third-order valence-electron chi connectivity index (χ3n) is 3.41. The minimum atomic E-state index is -0.139. The van der Waals surface area contributed by atoms with Gasteiger partial charge in [0, 0.05) is 22.8 Å². The number of carbonyl (C=O) groups excluding carboxylic acids is 1. The SMILES string of the molecule is COc1ccc2[nH]cc(C(=O)Nc3cccc(C)c3)c2c1. The number of methoxy groups -OCH3 is 1. The number of anilines is 1. The molecule has 0 aliphatic carbocycles. The van der Waals surface area contributed by atoms with Crippen molar-refractivity contribution >= 4 is 22.5 Å². The molecule has 0 fully saturated rings. The van der Waals surface area contributed by atoms with Crippen LogP contribution in [0.4, 0.5) is 5.69 Å². The number of aromatic nitrogens is 1. The number of hydrogen-bond acceptors (Lipinski definition) is 2. The first-order valence-corrected chi connectivity index (χ1v) is 6.70. The molecule has 3 rings (SSSR count). The molecule has 3 aromatic rings. The molecule has 0 saturated heterocycles. The summed E-state index contributed by atoms with van der Waals surface area (Å²) in [5.41, 5.74) is 3.40. The molecule has 1 aromatic heterocycles. The maximum absolute atomic E-state index is 12.4. The summed E-state index contributed by atoms with van der Waals surface area (Å²) in [6, 6.07) is 13.3. The normalized spacial score (nSPS) is 10.6. The Morgan fingerprint density at radius 3 is 2.81 bits per heavy atom. The Morgan fingerprint density at radius 1 is 1.19 bits per heavy atom. The van der Waals surface area contributed by atoms with Crippen molar-refractivity contribution < 1.29 is 9.53 Å². The number of benzene rings is 2. The van der Waals surface area contributed by atoms with Gasteiger partial charge in [0.2, 0.25) is 0 Å². The molecule has 4 nitrogen and oxygen atoms in total. The molecule has 0 aliphatic heterocycles. The van der Waals surface area contributed by atoms with Crippen LogP contribution < -0.4 is 10.1 Å². The number of amides is 1. The maximum Gasteiger partial charge on any atom is 0.257 e. The van der Waals surface area contributed by atoms with E-state index in [4.69, 9.17) is 4.74 Å². The van der Waals surface area contributed by atoms with Gasteiger partial charge in [-0.2, -0.15) is 0 Å². The summed E-state index contributed by atoms with van der Waals surface area (Å²) >= 11 is 0. The summed E-state index contributed by atoms with van der Waals surface area (Å²) < 4.78 is 5.21. The van der Waals surface area contributed by atoms with Gasteiger partial charge in [0.05, 0.1) is 12.7 Å². The predicted octanol–water partition coefficient (Wildman–Crippen LogP) is 3.74. The second kappa shape index (κ2) is 5.32. The van der Waals surface area contributed by atoms with Crippen molar-refractivity contribution in [2.45, 2.75) is 6.92 Å². The molecule has 4 heteroatoms. The Morgan fingerprint density at radius 2 is 2.05 bits per heavy atom. The van der Waals surface area contributed by atoms with Gasteiger partial charge in [-0.3, -0.25) is 4.79 Å². The fourth-order valence-corrected chi connectivity index (χ4v) is 2.34. The fraction of sp³-hybridized carbons (Fsp3) is 0.118. The van der Waals surface area contributed by atoms with E-state index in [1.165, 1.54) is 0 Å². The second-order valence-electron chi connectivity index (χ2n) is 4.94. The maximum atomic E-state index is 12.4. The molecule has 106 valence electrons. The van der Waals surface area contributed by atoms with Crippen LogP contribution in [0.1, 0.15) is 15.9 Å². The molecule has 0 bridgehead atoms. The highest BCUT2D eigenvalue weighted by Crippen LogP contribution is 2.24. The number of ether oxygens (including phenoxy) is 1. The van der Waals surface area contributed by atoms with Crippen LogP contribution in [0.25, 0.3) is 10.9 Å². The number of fused-ring (bicyclic) bond motifs is 1. The molecule has 0 aliphatic rings. The molecule has 1 heterocycles. The molecule has 0 atom stereocenters. The highest BCUT2D eigenvalue weighted by atomic mass is 16.5. The van der Waals surface area contributed by atoms with Gasteiger partial charge < -0.3 is 15.0 Å². The van der Waals surface area contributed by atoms with Crippen LogP contribution in [0.2, 0.25) is 0 Å². The molecule has 0 saturated carbocycles. The van der Waals surface area contributed by atoms with Crippen LogP contribution in [0, 0.1) is 6.92 Å². The first kappa shape index (κ1) is 13.2.